The molecule has 10 nitrogen and oxygen atoms in total. The molecule has 0 aliphatic rings. The van der Waals surface area contributed by atoms with E-state index >= 15 is 4.39 Å². The summed E-state index contributed by atoms with van der Waals surface area (Å²) in [5.41, 5.74) is 6.39. The molecular formula is C24H23F2N7O3. The van der Waals surface area contributed by atoms with Crippen LogP contribution in [0.25, 0.3) is 5.95 Å². The van der Waals surface area contributed by atoms with Gasteiger partial charge >= 0.3 is 5.69 Å². The molecule has 2 aromatic heterocycles. The molecule has 0 saturated heterocycles. The molecule has 0 spiro atoms. The Morgan fingerprint density at radius 1 is 1.19 bits per heavy atom. The van der Waals surface area contributed by atoms with Crippen LogP contribution in [0.5, 0.6) is 11.5 Å². The lowest BCUT2D eigenvalue weighted by Gasteiger charge is -2.19. The number of nitrogen functional groups attached to an aromatic ring is 1. The maximum Gasteiger partial charge on any atom is 0.350 e. The van der Waals surface area contributed by atoms with Crippen molar-refractivity contribution in [3.05, 3.63) is 93.7 Å². The van der Waals surface area contributed by atoms with E-state index in [2.05, 4.69) is 20.1 Å². The SMILES string of the molecule is COc1cc(F)c(C(Cc2ccc(C(=N)N)cc2)c2nn(-c3ncccn3)c(=O)[nH]2)cc1OCCF. The summed E-state index contributed by atoms with van der Waals surface area (Å²) >= 11 is 0. The highest BCUT2D eigenvalue weighted by atomic mass is 19.1. The van der Waals surface area contributed by atoms with Gasteiger partial charge in [0.25, 0.3) is 5.95 Å². The molecule has 0 bridgehead atoms. The van der Waals surface area contributed by atoms with Crippen LogP contribution in [-0.4, -0.2) is 51.0 Å². The summed E-state index contributed by atoms with van der Waals surface area (Å²) in [4.78, 5) is 23.5. The Bertz CT molecular complexity index is 1410. The van der Waals surface area contributed by atoms with Crippen molar-refractivity contribution in [3.63, 3.8) is 0 Å². The summed E-state index contributed by atoms with van der Waals surface area (Å²) < 4.78 is 39.7. The number of aromatic amines is 1. The Kier molecular flexibility index (Phi) is 7.33. The summed E-state index contributed by atoms with van der Waals surface area (Å²) in [5.74, 6) is -1.04. The standard InChI is InChI=1S/C24H23F2N7O3/c1-35-19-13-18(26)16(12-20(19)36-10-7-25)17(11-14-3-5-15(6-4-14)21(27)28)22-31-24(34)33(32-22)23-29-8-2-9-30-23/h2-6,8-9,12-13,17H,7,10-11H2,1H3,(H3,27,28)(H,31,32,34). The molecule has 186 valence electrons. The Labute approximate surface area is 204 Å². The lowest BCUT2D eigenvalue weighted by Crippen LogP contribution is -2.18. The normalized spacial score (nSPS) is 11.8. The lowest BCUT2D eigenvalue weighted by atomic mass is 9.90. The molecule has 1 unspecified atom stereocenters. The minimum Gasteiger partial charge on any atom is -0.493 e. The predicted molar refractivity (Wildman–Crippen MR) is 127 cm³/mol. The first kappa shape index (κ1) is 24.5. The van der Waals surface area contributed by atoms with E-state index in [1.54, 1.807) is 30.3 Å². The molecule has 4 rings (SSSR count). The third-order valence-electron chi connectivity index (χ3n) is 5.40. The van der Waals surface area contributed by atoms with Crippen molar-refractivity contribution in [1.82, 2.24) is 24.7 Å². The first-order chi connectivity index (χ1) is 17.4. The number of alkyl halides is 1. The summed E-state index contributed by atoms with van der Waals surface area (Å²) in [6.45, 7) is -0.980. The quantitative estimate of drug-likeness (QED) is 0.226. The van der Waals surface area contributed by atoms with Crippen LogP contribution in [0.15, 0.2) is 59.7 Å². The summed E-state index contributed by atoms with van der Waals surface area (Å²) in [5, 5.41) is 11.9. The molecule has 0 amide bonds. The lowest BCUT2D eigenvalue weighted by molar-refractivity contribution is 0.259. The molecule has 0 fully saturated rings. The van der Waals surface area contributed by atoms with Gasteiger partial charge in [0.05, 0.1) is 13.0 Å². The van der Waals surface area contributed by atoms with Crippen LogP contribution in [0.1, 0.15) is 28.4 Å². The van der Waals surface area contributed by atoms with Gasteiger partial charge in [-0.15, -0.1) is 9.78 Å². The second-order valence-corrected chi connectivity index (χ2v) is 7.71. The monoisotopic (exact) mass is 495 g/mol. The number of benzene rings is 2. The van der Waals surface area contributed by atoms with E-state index in [9.17, 15) is 9.18 Å². The topological polar surface area (TPSA) is 145 Å². The molecule has 36 heavy (non-hydrogen) atoms. The molecule has 0 aliphatic heterocycles. The van der Waals surface area contributed by atoms with E-state index in [-0.39, 0.29) is 47.7 Å². The van der Waals surface area contributed by atoms with Crippen molar-refractivity contribution in [2.75, 3.05) is 20.4 Å². The highest BCUT2D eigenvalue weighted by molar-refractivity contribution is 5.94. The zero-order valence-corrected chi connectivity index (χ0v) is 19.2. The third kappa shape index (κ3) is 5.22. The van der Waals surface area contributed by atoms with Crippen molar-refractivity contribution >= 4 is 5.84 Å². The number of amidine groups is 1. The van der Waals surface area contributed by atoms with E-state index < -0.39 is 24.1 Å². The van der Waals surface area contributed by atoms with Gasteiger partial charge in [-0.05, 0) is 24.1 Å². The van der Waals surface area contributed by atoms with Gasteiger partial charge in [-0.2, -0.15) is 0 Å². The number of aromatic nitrogens is 5. The number of methoxy groups -OCH3 is 1. The number of rotatable bonds is 10. The van der Waals surface area contributed by atoms with Gasteiger partial charge in [-0.25, -0.2) is 23.5 Å². The second-order valence-electron chi connectivity index (χ2n) is 7.71. The van der Waals surface area contributed by atoms with Crippen LogP contribution >= 0.6 is 0 Å². The fourth-order valence-corrected chi connectivity index (χ4v) is 3.68. The second kappa shape index (κ2) is 10.8. The van der Waals surface area contributed by atoms with Crippen LogP contribution in [0.4, 0.5) is 8.78 Å². The average molecular weight is 495 g/mol. The van der Waals surface area contributed by atoms with E-state index in [1.165, 1.54) is 25.6 Å². The van der Waals surface area contributed by atoms with Crippen LogP contribution < -0.4 is 20.9 Å². The number of H-pyrrole nitrogens is 1. The molecule has 12 heteroatoms. The largest absolute Gasteiger partial charge is 0.493 e. The van der Waals surface area contributed by atoms with Crippen LogP contribution in [-0.2, 0) is 6.42 Å². The van der Waals surface area contributed by atoms with Gasteiger partial charge in [0.1, 0.15) is 30.8 Å². The highest BCUT2D eigenvalue weighted by Crippen LogP contribution is 2.36. The van der Waals surface area contributed by atoms with Gasteiger partial charge in [0.15, 0.2) is 11.5 Å². The third-order valence-corrected chi connectivity index (χ3v) is 5.40. The Morgan fingerprint density at radius 2 is 1.92 bits per heavy atom. The summed E-state index contributed by atoms with van der Waals surface area (Å²) in [7, 11) is 1.35. The van der Waals surface area contributed by atoms with Crippen LogP contribution in [0.2, 0.25) is 0 Å². The van der Waals surface area contributed by atoms with Gasteiger partial charge < -0.3 is 15.2 Å². The Morgan fingerprint density at radius 3 is 2.56 bits per heavy atom. The molecule has 0 saturated carbocycles. The molecular weight excluding hydrogens is 472 g/mol. The zero-order chi connectivity index (χ0) is 25.7. The minimum absolute atomic E-state index is 0.0525. The van der Waals surface area contributed by atoms with Crippen molar-refractivity contribution in [2.45, 2.75) is 12.3 Å². The number of ether oxygens (including phenoxy) is 2. The fraction of sp³-hybridized carbons (Fsp3) is 0.208. The molecule has 1 atom stereocenters. The number of hydrogen-bond acceptors (Lipinski definition) is 7. The fourth-order valence-electron chi connectivity index (χ4n) is 3.68. The summed E-state index contributed by atoms with van der Waals surface area (Å²) in [6.07, 6.45) is 3.15. The molecule has 4 aromatic rings. The van der Waals surface area contributed by atoms with Crippen LogP contribution in [0.3, 0.4) is 0 Å². The maximum absolute atomic E-state index is 15.4. The van der Waals surface area contributed by atoms with E-state index in [4.69, 9.17) is 20.6 Å². The number of nitrogens with zero attached hydrogens (tertiary/aromatic N) is 4. The molecule has 2 heterocycles. The Hall–Kier alpha value is -4.61. The van der Waals surface area contributed by atoms with Crippen molar-refractivity contribution in [3.8, 4) is 17.4 Å². The Balaban J connectivity index is 1.82. The molecule has 4 N–H and O–H groups in total. The van der Waals surface area contributed by atoms with Gasteiger partial charge in [-0.3, -0.25) is 10.4 Å². The van der Waals surface area contributed by atoms with Gasteiger partial charge in [0.2, 0.25) is 0 Å². The number of halogens is 2. The maximum atomic E-state index is 15.4. The predicted octanol–water partition coefficient (Wildman–Crippen LogP) is 2.51. The molecule has 0 aliphatic carbocycles. The minimum atomic E-state index is -0.788. The highest BCUT2D eigenvalue weighted by Gasteiger charge is 2.26. The van der Waals surface area contributed by atoms with E-state index in [1.807, 2.05) is 0 Å². The molecule has 0 radical (unpaired) electrons. The average Bonchev–Trinajstić information content (AvgIpc) is 3.28. The van der Waals surface area contributed by atoms with Crippen molar-refractivity contribution in [2.24, 2.45) is 5.73 Å². The van der Waals surface area contributed by atoms with Gasteiger partial charge in [0, 0.05) is 29.6 Å². The smallest absolute Gasteiger partial charge is 0.350 e. The summed E-state index contributed by atoms with van der Waals surface area (Å²) in [6, 6.07) is 11.0. The van der Waals surface area contributed by atoms with Crippen LogP contribution in [0, 0.1) is 11.2 Å². The first-order valence-corrected chi connectivity index (χ1v) is 10.9. The zero-order valence-electron chi connectivity index (χ0n) is 19.2. The number of hydrogen-bond donors (Lipinski definition) is 3. The van der Waals surface area contributed by atoms with Gasteiger partial charge in [-0.1, -0.05) is 24.3 Å². The molecule has 2 aromatic carbocycles. The first-order valence-electron chi connectivity index (χ1n) is 10.9. The number of nitrogens with one attached hydrogen (secondary N) is 2. The van der Waals surface area contributed by atoms with Crippen molar-refractivity contribution < 1.29 is 18.3 Å². The number of nitrogens with two attached hydrogens (primary N) is 1. The van der Waals surface area contributed by atoms with E-state index in [0.717, 1.165) is 16.3 Å². The van der Waals surface area contributed by atoms with E-state index in [0.29, 0.717) is 5.56 Å². The van der Waals surface area contributed by atoms with Crippen molar-refractivity contribution in [1.29, 1.82) is 5.41 Å².